The molecule has 0 spiro atoms. The average Bonchev–Trinajstić information content (AvgIpc) is 3.06. The van der Waals surface area contributed by atoms with E-state index in [1.807, 2.05) is 82.3 Å². The highest BCUT2D eigenvalue weighted by atomic mass is 79.9. The minimum atomic E-state index is -4.19. The number of sulfonamides is 1. The monoisotopic (exact) mass is 719 g/mol. The number of nitrogens with zero attached hydrogens (tertiary/aromatic N) is 2. The summed E-state index contributed by atoms with van der Waals surface area (Å²) in [5, 5.41) is 3.06. The van der Waals surface area contributed by atoms with Crippen LogP contribution >= 0.6 is 15.9 Å². The third-order valence-corrected chi connectivity index (χ3v) is 10.1. The second-order valence-corrected chi connectivity index (χ2v) is 14.2. The Morgan fingerprint density at radius 3 is 2.15 bits per heavy atom. The summed E-state index contributed by atoms with van der Waals surface area (Å²) in [4.78, 5) is 30.1. The predicted octanol–water partition coefficient (Wildman–Crippen LogP) is 6.91. The zero-order valence-corrected chi connectivity index (χ0v) is 29.6. The number of nitrogens with one attached hydrogen (secondary N) is 1. The van der Waals surface area contributed by atoms with E-state index in [0.717, 1.165) is 25.5 Å². The van der Waals surface area contributed by atoms with E-state index in [4.69, 9.17) is 4.74 Å². The first-order valence-electron chi connectivity index (χ1n) is 15.7. The molecule has 0 radical (unpaired) electrons. The Balaban J connectivity index is 1.81. The van der Waals surface area contributed by atoms with Gasteiger partial charge in [-0.1, -0.05) is 83.0 Å². The molecule has 10 heteroatoms. The van der Waals surface area contributed by atoms with Crippen molar-refractivity contribution in [3.8, 4) is 5.75 Å². The van der Waals surface area contributed by atoms with Crippen molar-refractivity contribution in [3.05, 3.63) is 124 Å². The van der Waals surface area contributed by atoms with Crippen molar-refractivity contribution < 1.29 is 22.7 Å². The van der Waals surface area contributed by atoms with Crippen LogP contribution in [0.4, 0.5) is 5.69 Å². The molecular weight excluding hydrogens is 678 g/mol. The van der Waals surface area contributed by atoms with Gasteiger partial charge < -0.3 is 15.0 Å². The lowest BCUT2D eigenvalue weighted by Gasteiger charge is -2.34. The maximum Gasteiger partial charge on any atom is 0.264 e. The second kappa shape index (κ2) is 16.6. The molecule has 0 aromatic heterocycles. The summed E-state index contributed by atoms with van der Waals surface area (Å²) in [6.45, 7) is 7.65. The van der Waals surface area contributed by atoms with Crippen LogP contribution in [-0.4, -0.2) is 50.4 Å². The fourth-order valence-corrected chi connectivity index (χ4v) is 6.93. The number of aryl methyl sites for hydroxylation is 1. The number of benzene rings is 4. The van der Waals surface area contributed by atoms with Gasteiger partial charge in [-0.05, 0) is 86.8 Å². The van der Waals surface area contributed by atoms with Crippen LogP contribution in [0.5, 0.6) is 5.75 Å². The molecule has 8 nitrogen and oxygen atoms in total. The summed E-state index contributed by atoms with van der Waals surface area (Å²) in [6.07, 6.45) is 0.959. The van der Waals surface area contributed by atoms with Gasteiger partial charge in [-0.25, -0.2) is 8.42 Å². The van der Waals surface area contributed by atoms with Gasteiger partial charge in [-0.2, -0.15) is 0 Å². The van der Waals surface area contributed by atoms with E-state index in [9.17, 15) is 18.0 Å². The summed E-state index contributed by atoms with van der Waals surface area (Å²) in [5.41, 5.74) is 2.87. The zero-order chi connectivity index (χ0) is 34.0. The Hall–Kier alpha value is -4.15. The number of hydrogen-bond donors (Lipinski definition) is 1. The molecule has 0 saturated carbocycles. The van der Waals surface area contributed by atoms with Crippen LogP contribution < -0.4 is 14.4 Å². The lowest BCUT2D eigenvalue weighted by molar-refractivity contribution is -0.140. The molecule has 47 heavy (non-hydrogen) atoms. The molecule has 2 atom stereocenters. The molecule has 4 aromatic rings. The molecule has 0 aliphatic rings. The molecule has 0 aliphatic heterocycles. The Morgan fingerprint density at radius 1 is 0.872 bits per heavy atom. The van der Waals surface area contributed by atoms with Gasteiger partial charge in [0, 0.05) is 23.5 Å². The molecule has 248 valence electrons. The number of rotatable bonds is 15. The largest absolute Gasteiger partial charge is 0.494 e. The molecule has 0 bridgehead atoms. The third kappa shape index (κ3) is 9.68. The van der Waals surface area contributed by atoms with E-state index in [1.165, 1.54) is 17.0 Å². The van der Waals surface area contributed by atoms with Crippen molar-refractivity contribution in [2.24, 2.45) is 0 Å². The van der Waals surface area contributed by atoms with E-state index >= 15 is 0 Å². The van der Waals surface area contributed by atoms with E-state index < -0.39 is 28.5 Å². The lowest BCUT2D eigenvalue weighted by atomic mass is 10.0. The Labute approximate surface area is 286 Å². The quantitative estimate of drug-likeness (QED) is 0.144. The number of carbonyl (C=O) groups excluding carboxylic acids is 2. The van der Waals surface area contributed by atoms with Gasteiger partial charge in [-0.15, -0.1) is 0 Å². The van der Waals surface area contributed by atoms with Crippen LogP contribution in [0.15, 0.2) is 112 Å². The Bertz CT molecular complexity index is 1730. The SMILES string of the molecule is CCOc1ccc(N(CC(=O)N(Cc2cccc(Br)c2)[C@H](Cc2ccccc2)C(=O)N[C@H](C)CC)S(=O)(=O)c2ccc(C)cc2)cc1. The van der Waals surface area contributed by atoms with Crippen molar-refractivity contribution >= 4 is 43.5 Å². The number of halogens is 1. The van der Waals surface area contributed by atoms with Gasteiger partial charge >= 0.3 is 0 Å². The standard InChI is InChI=1S/C37H42BrN3O5S/c1-5-28(4)39-37(43)35(24-29-11-8-7-9-12-29)40(25-30-13-10-14-31(38)23-30)36(42)26-41(32-17-19-33(20-18-32)46-6-2)47(44,45)34-21-15-27(3)16-22-34/h7-23,28,35H,5-6,24-26H2,1-4H3,(H,39,43)/t28-,35-/m1/s1. The van der Waals surface area contributed by atoms with Crippen LogP contribution in [-0.2, 0) is 32.6 Å². The van der Waals surface area contributed by atoms with Crippen LogP contribution in [0.2, 0.25) is 0 Å². The van der Waals surface area contributed by atoms with Gasteiger partial charge in [0.15, 0.2) is 0 Å². The van der Waals surface area contributed by atoms with Gasteiger partial charge in [0.2, 0.25) is 11.8 Å². The summed E-state index contributed by atoms with van der Waals surface area (Å²) in [7, 11) is -4.19. The highest BCUT2D eigenvalue weighted by Gasteiger charge is 2.35. The van der Waals surface area contributed by atoms with Crippen molar-refractivity contribution in [2.45, 2.75) is 64.1 Å². The molecule has 0 fully saturated rings. The summed E-state index contributed by atoms with van der Waals surface area (Å²) < 4.78 is 36.0. The predicted molar refractivity (Wildman–Crippen MR) is 190 cm³/mol. The second-order valence-electron chi connectivity index (χ2n) is 11.4. The van der Waals surface area contributed by atoms with Gasteiger partial charge in [0.1, 0.15) is 18.3 Å². The number of amides is 2. The maximum atomic E-state index is 14.6. The smallest absolute Gasteiger partial charge is 0.264 e. The fourth-order valence-electron chi connectivity index (χ4n) is 5.07. The van der Waals surface area contributed by atoms with Gasteiger partial charge in [-0.3, -0.25) is 13.9 Å². The highest BCUT2D eigenvalue weighted by molar-refractivity contribution is 9.10. The van der Waals surface area contributed by atoms with Crippen LogP contribution in [0, 0.1) is 6.92 Å². The zero-order valence-electron chi connectivity index (χ0n) is 27.2. The van der Waals surface area contributed by atoms with Crippen molar-refractivity contribution in [1.29, 1.82) is 0 Å². The normalized spacial score (nSPS) is 12.5. The molecule has 0 saturated heterocycles. The molecule has 2 amide bonds. The van der Waals surface area contributed by atoms with E-state index in [-0.39, 0.29) is 29.8 Å². The van der Waals surface area contributed by atoms with E-state index in [0.29, 0.717) is 24.5 Å². The third-order valence-electron chi connectivity index (χ3n) is 7.84. The number of ether oxygens (including phenoxy) is 1. The van der Waals surface area contributed by atoms with Crippen molar-refractivity contribution in [3.63, 3.8) is 0 Å². The topological polar surface area (TPSA) is 96.0 Å². The fraction of sp³-hybridized carbons (Fsp3) is 0.297. The molecule has 4 rings (SSSR count). The highest BCUT2D eigenvalue weighted by Crippen LogP contribution is 2.27. The molecule has 0 heterocycles. The summed E-state index contributed by atoms with van der Waals surface area (Å²) in [5.74, 6) is -0.244. The summed E-state index contributed by atoms with van der Waals surface area (Å²) in [6, 6.07) is 29.1. The first kappa shape index (κ1) is 35.7. The van der Waals surface area contributed by atoms with E-state index in [2.05, 4.69) is 21.2 Å². The van der Waals surface area contributed by atoms with Crippen LogP contribution in [0.25, 0.3) is 0 Å². The average molecular weight is 721 g/mol. The van der Waals surface area contributed by atoms with Crippen molar-refractivity contribution in [1.82, 2.24) is 10.2 Å². The van der Waals surface area contributed by atoms with Gasteiger partial charge in [0.05, 0.1) is 17.2 Å². The molecule has 1 N–H and O–H groups in total. The molecule has 0 unspecified atom stereocenters. The Kier molecular flexibility index (Phi) is 12.6. The van der Waals surface area contributed by atoms with Crippen LogP contribution in [0.3, 0.4) is 0 Å². The number of carbonyl (C=O) groups is 2. The number of hydrogen-bond acceptors (Lipinski definition) is 5. The Morgan fingerprint density at radius 2 is 1.53 bits per heavy atom. The molecule has 0 aliphatic carbocycles. The molecular formula is C37H42BrN3O5S. The van der Waals surface area contributed by atoms with E-state index in [1.54, 1.807) is 36.4 Å². The number of anilines is 1. The molecule has 4 aromatic carbocycles. The minimum Gasteiger partial charge on any atom is -0.494 e. The maximum absolute atomic E-state index is 14.6. The minimum absolute atomic E-state index is 0.0543. The first-order chi connectivity index (χ1) is 22.5. The first-order valence-corrected chi connectivity index (χ1v) is 18.0. The summed E-state index contributed by atoms with van der Waals surface area (Å²) >= 11 is 3.52. The van der Waals surface area contributed by atoms with Crippen molar-refractivity contribution in [2.75, 3.05) is 17.5 Å². The van der Waals surface area contributed by atoms with Gasteiger partial charge in [0.25, 0.3) is 10.0 Å². The van der Waals surface area contributed by atoms with Crippen LogP contribution in [0.1, 0.15) is 43.9 Å². The lowest BCUT2D eigenvalue weighted by Crippen LogP contribution is -2.54.